The molecule has 0 aromatic carbocycles. The molecular weight excluding hydrogens is 424 g/mol. The third-order valence-electron chi connectivity index (χ3n) is 10.7. The van der Waals surface area contributed by atoms with Crippen LogP contribution in [-0.2, 0) is 0 Å². The van der Waals surface area contributed by atoms with Crippen LogP contribution in [0.15, 0.2) is 0 Å². The first-order valence-electron chi connectivity index (χ1n) is 14.4. The highest BCUT2D eigenvalue weighted by atomic mass is 19.2. The van der Waals surface area contributed by atoms with E-state index >= 15 is 8.78 Å². The van der Waals surface area contributed by atoms with E-state index in [2.05, 4.69) is 6.92 Å². The molecule has 192 valence electrons. The second-order valence-electron chi connectivity index (χ2n) is 12.6. The van der Waals surface area contributed by atoms with Gasteiger partial charge in [0.2, 0.25) is 0 Å². The van der Waals surface area contributed by atoms with E-state index in [1.54, 1.807) is 0 Å². The third-order valence-corrected chi connectivity index (χ3v) is 10.7. The van der Waals surface area contributed by atoms with Gasteiger partial charge >= 0.3 is 0 Å². The highest BCUT2D eigenvalue weighted by molar-refractivity contribution is 4.94. The van der Waals surface area contributed by atoms with Crippen LogP contribution in [0, 0.1) is 47.3 Å². The smallest absolute Gasteiger partial charge is 0.134 e. The number of hydrogen-bond acceptors (Lipinski definition) is 0. The first-order chi connectivity index (χ1) is 15.9. The van der Waals surface area contributed by atoms with Gasteiger partial charge in [0, 0.05) is 0 Å². The van der Waals surface area contributed by atoms with Crippen LogP contribution in [-0.4, -0.2) is 24.7 Å². The van der Waals surface area contributed by atoms with Crippen molar-refractivity contribution in [2.75, 3.05) is 0 Å². The van der Waals surface area contributed by atoms with Crippen molar-refractivity contribution in [2.45, 2.75) is 135 Å². The zero-order valence-corrected chi connectivity index (χ0v) is 21.0. The average Bonchev–Trinajstić information content (AvgIpc) is 2.83. The summed E-state index contributed by atoms with van der Waals surface area (Å²) in [6, 6.07) is 0. The predicted octanol–water partition coefficient (Wildman–Crippen LogP) is 9.21. The summed E-state index contributed by atoms with van der Waals surface area (Å²) in [7, 11) is 0. The normalized spacial score (nSPS) is 49.6. The van der Waals surface area contributed by atoms with E-state index < -0.39 is 24.7 Å². The maximum Gasteiger partial charge on any atom is 0.134 e. The van der Waals surface area contributed by atoms with E-state index in [9.17, 15) is 8.78 Å². The lowest BCUT2D eigenvalue weighted by atomic mass is 9.65. The van der Waals surface area contributed by atoms with E-state index in [-0.39, 0.29) is 23.7 Å². The molecule has 0 heterocycles. The first kappa shape index (κ1) is 25.8. The molecule has 33 heavy (non-hydrogen) atoms. The highest BCUT2D eigenvalue weighted by Gasteiger charge is 2.45. The molecule has 0 aromatic rings. The van der Waals surface area contributed by atoms with E-state index in [1.165, 1.54) is 12.8 Å². The lowest BCUT2D eigenvalue weighted by Crippen LogP contribution is -2.42. The van der Waals surface area contributed by atoms with Crippen molar-refractivity contribution in [2.24, 2.45) is 47.3 Å². The summed E-state index contributed by atoms with van der Waals surface area (Å²) in [6.45, 7) is 4.24. The number of hydrogen-bond donors (Lipinski definition) is 0. The van der Waals surface area contributed by atoms with Gasteiger partial charge in [-0.05, 0) is 105 Å². The lowest BCUT2D eigenvalue weighted by Gasteiger charge is -2.42. The molecule has 4 fully saturated rings. The molecule has 0 aliphatic heterocycles. The van der Waals surface area contributed by atoms with E-state index in [0.717, 1.165) is 89.4 Å². The Balaban J connectivity index is 1.19. The Morgan fingerprint density at radius 3 is 1.55 bits per heavy atom. The molecule has 8 atom stereocenters. The summed E-state index contributed by atoms with van der Waals surface area (Å²) < 4.78 is 59.4. The minimum Gasteiger partial charge on any atom is -0.244 e. The average molecular weight is 473 g/mol. The zero-order valence-electron chi connectivity index (χ0n) is 21.0. The van der Waals surface area contributed by atoms with Crippen LogP contribution >= 0.6 is 0 Å². The number of halogens is 4. The Bertz CT molecular complexity index is 580. The van der Waals surface area contributed by atoms with Gasteiger partial charge in [0.1, 0.15) is 24.7 Å². The minimum absolute atomic E-state index is 0.0602. The molecule has 4 heteroatoms. The summed E-state index contributed by atoms with van der Waals surface area (Å²) >= 11 is 0. The lowest BCUT2D eigenvalue weighted by molar-refractivity contribution is -0.0194. The van der Waals surface area contributed by atoms with Crippen molar-refractivity contribution in [3.05, 3.63) is 0 Å². The molecule has 0 spiro atoms. The molecule has 4 saturated carbocycles. The number of rotatable bonds is 6. The maximum absolute atomic E-state index is 15.1. The largest absolute Gasteiger partial charge is 0.244 e. The van der Waals surface area contributed by atoms with Crippen LogP contribution in [0.5, 0.6) is 0 Å². The van der Waals surface area contributed by atoms with Gasteiger partial charge in [-0.25, -0.2) is 17.6 Å². The molecule has 0 saturated heterocycles. The van der Waals surface area contributed by atoms with Crippen LogP contribution in [0.4, 0.5) is 17.6 Å². The van der Waals surface area contributed by atoms with E-state index in [4.69, 9.17) is 0 Å². The van der Waals surface area contributed by atoms with Gasteiger partial charge in [-0.3, -0.25) is 0 Å². The Morgan fingerprint density at radius 2 is 1.00 bits per heavy atom. The highest BCUT2D eigenvalue weighted by Crippen LogP contribution is 2.47. The van der Waals surface area contributed by atoms with Crippen LogP contribution in [0.25, 0.3) is 0 Å². The molecule has 0 radical (unpaired) electrons. The topological polar surface area (TPSA) is 0 Å². The van der Waals surface area contributed by atoms with Crippen molar-refractivity contribution in [3.8, 4) is 0 Å². The summed E-state index contributed by atoms with van der Waals surface area (Å²) in [5.41, 5.74) is 0. The molecule has 0 aromatic heterocycles. The third kappa shape index (κ3) is 5.93. The summed E-state index contributed by atoms with van der Waals surface area (Å²) in [5.74, 6) is 1.61. The molecule has 0 amide bonds. The fourth-order valence-corrected chi connectivity index (χ4v) is 8.24. The van der Waals surface area contributed by atoms with Crippen molar-refractivity contribution < 1.29 is 17.6 Å². The monoisotopic (exact) mass is 472 g/mol. The molecule has 0 nitrogen and oxygen atoms in total. The van der Waals surface area contributed by atoms with Crippen LogP contribution in [0.3, 0.4) is 0 Å². The van der Waals surface area contributed by atoms with Crippen molar-refractivity contribution in [3.63, 3.8) is 0 Å². The van der Waals surface area contributed by atoms with E-state index in [1.807, 2.05) is 6.92 Å². The second kappa shape index (κ2) is 11.6. The predicted molar refractivity (Wildman–Crippen MR) is 128 cm³/mol. The quantitative estimate of drug-likeness (QED) is 0.338. The van der Waals surface area contributed by atoms with Crippen molar-refractivity contribution in [1.29, 1.82) is 0 Å². The molecule has 0 bridgehead atoms. The van der Waals surface area contributed by atoms with Gasteiger partial charge in [-0.1, -0.05) is 52.4 Å². The van der Waals surface area contributed by atoms with Crippen molar-refractivity contribution >= 4 is 0 Å². The second-order valence-corrected chi connectivity index (χ2v) is 12.6. The summed E-state index contributed by atoms with van der Waals surface area (Å²) in [5, 5.41) is 0. The molecule has 8 unspecified atom stereocenters. The summed E-state index contributed by atoms with van der Waals surface area (Å²) in [4.78, 5) is 0. The van der Waals surface area contributed by atoms with Gasteiger partial charge in [0.15, 0.2) is 0 Å². The standard InChI is InChI=1S/C29H48F4/c1-3-20-14-16-24(28(32)26(20)30)22-11-6-19(7-12-22)8-13-23-15-17-25(29(33)27(23)31)21-9-4-18(2)5-10-21/h18-29H,3-17H2,1-2H3. The molecule has 4 aliphatic carbocycles. The van der Waals surface area contributed by atoms with Gasteiger partial charge in [-0.15, -0.1) is 0 Å². The van der Waals surface area contributed by atoms with Crippen LogP contribution in [0.1, 0.15) is 110 Å². The number of alkyl halides is 4. The Hall–Kier alpha value is -0.280. The summed E-state index contributed by atoms with van der Waals surface area (Å²) in [6.07, 6.45) is 9.30. The van der Waals surface area contributed by atoms with Crippen LogP contribution in [0.2, 0.25) is 0 Å². The zero-order chi connectivity index (χ0) is 23.5. The molecule has 0 N–H and O–H groups in total. The Labute approximate surface area is 200 Å². The fraction of sp³-hybridized carbons (Fsp3) is 1.00. The molecule has 4 aliphatic rings. The molecule has 4 rings (SSSR count). The van der Waals surface area contributed by atoms with Gasteiger partial charge < -0.3 is 0 Å². The first-order valence-corrected chi connectivity index (χ1v) is 14.4. The van der Waals surface area contributed by atoms with Crippen LogP contribution < -0.4 is 0 Å². The van der Waals surface area contributed by atoms with E-state index in [0.29, 0.717) is 17.8 Å². The van der Waals surface area contributed by atoms with Crippen molar-refractivity contribution in [1.82, 2.24) is 0 Å². The maximum atomic E-state index is 15.1. The fourth-order valence-electron chi connectivity index (χ4n) is 8.24. The minimum atomic E-state index is -1.29. The van der Waals surface area contributed by atoms with Gasteiger partial charge in [0.25, 0.3) is 0 Å². The Kier molecular flexibility index (Phi) is 9.10. The SMILES string of the molecule is CCC1CCC(C2CCC(CCC3CCC(C4CCC(C)CC4)C(F)C3F)CC2)C(F)C1F. The Morgan fingerprint density at radius 1 is 0.515 bits per heavy atom. The van der Waals surface area contributed by atoms with Gasteiger partial charge in [0.05, 0.1) is 0 Å². The molecular formula is C29H48F4. The van der Waals surface area contributed by atoms with Gasteiger partial charge in [-0.2, -0.15) is 0 Å².